The van der Waals surface area contributed by atoms with Crippen molar-refractivity contribution in [2.24, 2.45) is 0 Å². The normalized spacial score (nSPS) is 10.6. The Labute approximate surface area is 169 Å². The lowest BCUT2D eigenvalue weighted by molar-refractivity contribution is -0.132. The largest absolute Gasteiger partial charge is 0.497 e. The molecule has 0 saturated heterocycles. The molecule has 0 atom stereocenters. The minimum atomic E-state index is -0.300. The molecule has 2 N–H and O–H groups in total. The average Bonchev–Trinajstić information content (AvgIpc) is 3.14. The summed E-state index contributed by atoms with van der Waals surface area (Å²) in [6.07, 6.45) is 2.60. The van der Waals surface area contributed by atoms with Crippen molar-refractivity contribution in [1.82, 2.24) is 9.88 Å². The first-order chi connectivity index (χ1) is 14.0. The summed E-state index contributed by atoms with van der Waals surface area (Å²) < 4.78 is 10.5. The number of hydrogen-bond acceptors (Lipinski definition) is 4. The zero-order valence-corrected chi connectivity index (χ0v) is 16.8. The molecule has 7 heteroatoms. The molecule has 0 aliphatic carbocycles. The first-order valence-corrected chi connectivity index (χ1v) is 9.34. The van der Waals surface area contributed by atoms with E-state index >= 15 is 0 Å². The predicted octanol–water partition coefficient (Wildman–Crippen LogP) is 3.21. The highest BCUT2D eigenvalue weighted by Crippen LogP contribution is 2.28. The number of nitrogens with one attached hydrogen (secondary N) is 2. The van der Waals surface area contributed by atoms with Crippen LogP contribution in [0.5, 0.6) is 11.5 Å². The minimum absolute atomic E-state index is 0.0436. The quantitative estimate of drug-likeness (QED) is 0.613. The van der Waals surface area contributed by atoms with Crippen LogP contribution in [0.3, 0.4) is 0 Å². The Morgan fingerprint density at radius 1 is 1.10 bits per heavy atom. The lowest BCUT2D eigenvalue weighted by atomic mass is 10.1. The molecule has 2 amide bonds. The summed E-state index contributed by atoms with van der Waals surface area (Å²) in [5.41, 5.74) is 2.67. The van der Waals surface area contributed by atoms with Crippen LogP contribution in [0.2, 0.25) is 0 Å². The van der Waals surface area contributed by atoms with E-state index in [9.17, 15) is 9.59 Å². The molecule has 29 heavy (non-hydrogen) atoms. The summed E-state index contributed by atoms with van der Waals surface area (Å²) in [6, 6.07) is 13.2. The Morgan fingerprint density at radius 2 is 1.90 bits per heavy atom. The highest BCUT2D eigenvalue weighted by atomic mass is 16.5. The first-order valence-electron chi connectivity index (χ1n) is 9.34. The molecule has 3 rings (SSSR count). The molecule has 1 aromatic heterocycles. The zero-order valence-electron chi connectivity index (χ0n) is 16.8. The SMILES string of the molecule is COc1ccc(OC)c(NC(=O)CN(CCc2c[nH]c3ccccc23)C(C)=O)c1. The summed E-state index contributed by atoms with van der Waals surface area (Å²) in [4.78, 5) is 29.4. The number of hydrogen-bond donors (Lipinski definition) is 2. The van der Waals surface area contributed by atoms with Gasteiger partial charge in [-0.3, -0.25) is 9.59 Å². The Kier molecular flexibility index (Phi) is 6.39. The summed E-state index contributed by atoms with van der Waals surface area (Å²) in [6.45, 7) is 1.87. The smallest absolute Gasteiger partial charge is 0.244 e. The number of rotatable bonds is 8. The summed E-state index contributed by atoms with van der Waals surface area (Å²) in [5, 5.41) is 3.93. The first kappa shape index (κ1) is 20.3. The van der Waals surface area contributed by atoms with Gasteiger partial charge in [-0.2, -0.15) is 0 Å². The Bertz CT molecular complexity index is 1010. The predicted molar refractivity (Wildman–Crippen MR) is 112 cm³/mol. The van der Waals surface area contributed by atoms with Crippen molar-refractivity contribution in [1.29, 1.82) is 0 Å². The van der Waals surface area contributed by atoms with E-state index in [4.69, 9.17) is 9.47 Å². The molecule has 0 bridgehead atoms. The van der Waals surface area contributed by atoms with Gasteiger partial charge in [-0.15, -0.1) is 0 Å². The standard InChI is InChI=1S/C22H25N3O4/c1-15(26)25(11-10-16-13-23-19-7-5-4-6-18(16)19)14-22(27)24-20-12-17(28-2)8-9-21(20)29-3/h4-9,12-13,23H,10-11,14H2,1-3H3,(H,24,27). The van der Waals surface area contributed by atoms with Crippen LogP contribution in [0.25, 0.3) is 10.9 Å². The van der Waals surface area contributed by atoms with Crippen molar-refractivity contribution in [3.05, 3.63) is 54.2 Å². The molecule has 0 spiro atoms. The van der Waals surface area contributed by atoms with Gasteiger partial charge >= 0.3 is 0 Å². The number of anilines is 1. The van der Waals surface area contributed by atoms with E-state index in [1.165, 1.54) is 18.9 Å². The topological polar surface area (TPSA) is 83.7 Å². The monoisotopic (exact) mass is 395 g/mol. The maximum Gasteiger partial charge on any atom is 0.244 e. The maximum atomic E-state index is 12.6. The van der Waals surface area contributed by atoms with E-state index in [1.54, 1.807) is 25.3 Å². The number of ether oxygens (including phenoxy) is 2. The molecule has 0 aliphatic heterocycles. The average molecular weight is 395 g/mol. The molecule has 152 valence electrons. The number of aromatic amines is 1. The van der Waals surface area contributed by atoms with E-state index in [0.717, 1.165) is 16.5 Å². The van der Waals surface area contributed by atoms with Crippen LogP contribution in [0, 0.1) is 0 Å². The van der Waals surface area contributed by atoms with Crippen molar-refractivity contribution in [2.75, 3.05) is 32.6 Å². The Morgan fingerprint density at radius 3 is 2.62 bits per heavy atom. The van der Waals surface area contributed by atoms with Crippen molar-refractivity contribution >= 4 is 28.4 Å². The van der Waals surface area contributed by atoms with Crippen LogP contribution in [0.15, 0.2) is 48.7 Å². The Balaban J connectivity index is 1.66. The zero-order chi connectivity index (χ0) is 20.8. The molecule has 0 unspecified atom stereocenters. The number of aromatic nitrogens is 1. The molecular formula is C22H25N3O4. The number of amides is 2. The summed E-state index contributed by atoms with van der Waals surface area (Å²) >= 11 is 0. The number of benzene rings is 2. The van der Waals surface area contributed by atoms with Gasteiger partial charge in [-0.25, -0.2) is 0 Å². The molecule has 0 radical (unpaired) electrons. The molecule has 1 heterocycles. The van der Waals surface area contributed by atoms with Crippen LogP contribution in [-0.2, 0) is 16.0 Å². The van der Waals surface area contributed by atoms with Crippen LogP contribution in [-0.4, -0.2) is 49.0 Å². The third-order valence-corrected chi connectivity index (χ3v) is 4.79. The Hall–Kier alpha value is -3.48. The van der Waals surface area contributed by atoms with Crippen molar-refractivity contribution in [3.63, 3.8) is 0 Å². The van der Waals surface area contributed by atoms with Crippen molar-refractivity contribution in [3.8, 4) is 11.5 Å². The van der Waals surface area contributed by atoms with Crippen LogP contribution >= 0.6 is 0 Å². The summed E-state index contributed by atoms with van der Waals surface area (Å²) in [7, 11) is 3.08. The second-order valence-electron chi connectivity index (χ2n) is 6.66. The van der Waals surface area contributed by atoms with E-state index in [1.807, 2.05) is 30.5 Å². The third kappa shape index (κ3) is 4.87. The van der Waals surface area contributed by atoms with E-state index in [2.05, 4.69) is 10.3 Å². The number of nitrogens with zero attached hydrogens (tertiary/aromatic N) is 1. The second-order valence-corrected chi connectivity index (χ2v) is 6.66. The van der Waals surface area contributed by atoms with Crippen molar-refractivity contribution < 1.29 is 19.1 Å². The number of fused-ring (bicyclic) bond motifs is 1. The fourth-order valence-corrected chi connectivity index (χ4v) is 3.22. The second kappa shape index (κ2) is 9.14. The third-order valence-electron chi connectivity index (χ3n) is 4.79. The lowest BCUT2D eigenvalue weighted by Gasteiger charge is -2.21. The van der Waals surface area contributed by atoms with Gasteiger partial charge in [0.2, 0.25) is 11.8 Å². The number of carbonyl (C=O) groups is 2. The molecule has 0 saturated carbocycles. The fourth-order valence-electron chi connectivity index (χ4n) is 3.22. The number of H-pyrrole nitrogens is 1. The lowest BCUT2D eigenvalue weighted by Crippen LogP contribution is -2.38. The van der Waals surface area contributed by atoms with E-state index in [-0.39, 0.29) is 18.4 Å². The van der Waals surface area contributed by atoms with Gasteiger partial charge in [0, 0.05) is 36.6 Å². The molecule has 0 fully saturated rings. The fraction of sp³-hybridized carbons (Fsp3) is 0.273. The van der Waals surface area contributed by atoms with E-state index in [0.29, 0.717) is 30.2 Å². The van der Waals surface area contributed by atoms with Gasteiger partial charge in [0.05, 0.1) is 26.5 Å². The highest BCUT2D eigenvalue weighted by molar-refractivity contribution is 5.95. The van der Waals surface area contributed by atoms with Crippen LogP contribution in [0.4, 0.5) is 5.69 Å². The summed E-state index contributed by atoms with van der Waals surface area (Å²) in [5.74, 6) is 0.666. The molecular weight excluding hydrogens is 370 g/mol. The molecule has 0 aliphatic rings. The van der Waals surface area contributed by atoms with Crippen LogP contribution < -0.4 is 14.8 Å². The van der Waals surface area contributed by atoms with Crippen LogP contribution in [0.1, 0.15) is 12.5 Å². The number of methoxy groups -OCH3 is 2. The van der Waals surface area contributed by atoms with Gasteiger partial charge < -0.3 is 24.7 Å². The van der Waals surface area contributed by atoms with Gasteiger partial charge in [-0.05, 0) is 30.2 Å². The van der Waals surface area contributed by atoms with Gasteiger partial charge in [0.1, 0.15) is 11.5 Å². The van der Waals surface area contributed by atoms with Gasteiger partial charge in [0.15, 0.2) is 0 Å². The number of carbonyl (C=O) groups excluding carboxylic acids is 2. The number of para-hydroxylation sites is 1. The molecule has 2 aromatic carbocycles. The minimum Gasteiger partial charge on any atom is -0.497 e. The maximum absolute atomic E-state index is 12.6. The highest BCUT2D eigenvalue weighted by Gasteiger charge is 2.16. The molecule has 7 nitrogen and oxygen atoms in total. The van der Waals surface area contributed by atoms with Crippen molar-refractivity contribution in [2.45, 2.75) is 13.3 Å². The van der Waals surface area contributed by atoms with Gasteiger partial charge in [0.25, 0.3) is 0 Å². The van der Waals surface area contributed by atoms with Gasteiger partial charge in [-0.1, -0.05) is 18.2 Å². The molecule has 3 aromatic rings. The van der Waals surface area contributed by atoms with E-state index < -0.39 is 0 Å².